The van der Waals surface area contributed by atoms with Gasteiger partial charge in [0.15, 0.2) is 5.69 Å². The van der Waals surface area contributed by atoms with Gasteiger partial charge in [0.2, 0.25) is 0 Å². The summed E-state index contributed by atoms with van der Waals surface area (Å²) in [6.07, 6.45) is 4.93. The van der Waals surface area contributed by atoms with E-state index < -0.39 is 11.9 Å². The minimum atomic E-state index is -0.438. The zero-order chi connectivity index (χ0) is 23.5. The Morgan fingerprint density at radius 1 is 1.09 bits per heavy atom. The number of nitrogens with one attached hydrogen (secondary N) is 1. The molecule has 0 fully saturated rings. The number of aryl methyl sites for hydroxylation is 4. The van der Waals surface area contributed by atoms with Crippen LogP contribution in [0.25, 0.3) is 0 Å². The van der Waals surface area contributed by atoms with Crippen LogP contribution in [0.3, 0.4) is 0 Å². The molecular formula is C25H28N2O5S. The van der Waals surface area contributed by atoms with Gasteiger partial charge < -0.3 is 19.3 Å². The molecule has 0 radical (unpaired) electrons. The number of rotatable bonds is 6. The van der Waals surface area contributed by atoms with Crippen LogP contribution in [0.5, 0.6) is 5.75 Å². The Morgan fingerprint density at radius 2 is 1.82 bits per heavy atom. The standard InChI is InChI=1S/C25H28N2O5S/c1-14-10-15(2)12-17(11-14)31-13-19-16(3)32-27-22(19)23(28)26-24-21(25(29)30-4)18-8-6-5-7-9-20(18)33-24/h10-12H,5-9,13H2,1-4H3,(H,26,28). The Hall–Kier alpha value is -3.13. The number of nitrogens with zero attached hydrogens (tertiary/aromatic N) is 1. The Labute approximate surface area is 197 Å². The van der Waals surface area contributed by atoms with Crippen molar-refractivity contribution in [3.8, 4) is 5.75 Å². The maximum atomic E-state index is 13.2. The van der Waals surface area contributed by atoms with Crippen molar-refractivity contribution in [2.24, 2.45) is 0 Å². The summed E-state index contributed by atoms with van der Waals surface area (Å²) in [6.45, 7) is 5.90. The number of carbonyl (C=O) groups is 2. The monoisotopic (exact) mass is 468 g/mol. The molecule has 2 heterocycles. The summed E-state index contributed by atoms with van der Waals surface area (Å²) in [5, 5.41) is 7.36. The Balaban J connectivity index is 1.58. The average Bonchev–Trinajstić information content (AvgIpc) is 3.21. The smallest absolute Gasteiger partial charge is 0.341 e. The van der Waals surface area contributed by atoms with Gasteiger partial charge in [-0.25, -0.2) is 4.79 Å². The fourth-order valence-electron chi connectivity index (χ4n) is 4.22. The van der Waals surface area contributed by atoms with E-state index in [2.05, 4.69) is 16.5 Å². The lowest BCUT2D eigenvalue weighted by atomic mass is 10.1. The van der Waals surface area contributed by atoms with Crippen LogP contribution in [0.15, 0.2) is 22.7 Å². The highest BCUT2D eigenvalue weighted by molar-refractivity contribution is 7.17. The van der Waals surface area contributed by atoms with Crippen LogP contribution >= 0.6 is 11.3 Å². The second-order valence-electron chi connectivity index (χ2n) is 8.39. The lowest BCUT2D eigenvalue weighted by Crippen LogP contribution is -2.17. The summed E-state index contributed by atoms with van der Waals surface area (Å²) in [5.74, 6) is 0.362. The van der Waals surface area contributed by atoms with Gasteiger partial charge in [-0.15, -0.1) is 11.3 Å². The largest absolute Gasteiger partial charge is 0.489 e. The Kier molecular flexibility index (Phi) is 6.83. The van der Waals surface area contributed by atoms with Gasteiger partial charge >= 0.3 is 5.97 Å². The lowest BCUT2D eigenvalue weighted by molar-refractivity contribution is 0.0601. The van der Waals surface area contributed by atoms with Crippen LogP contribution in [-0.2, 0) is 24.2 Å². The number of amides is 1. The third kappa shape index (κ3) is 4.95. The number of fused-ring (bicyclic) bond motifs is 1. The SMILES string of the molecule is COC(=O)c1c(NC(=O)c2noc(C)c2COc2cc(C)cc(C)c2)sc2c1CCCCC2. The molecule has 0 spiro atoms. The molecule has 2 aromatic heterocycles. The predicted octanol–water partition coefficient (Wildman–Crippen LogP) is 5.55. The maximum Gasteiger partial charge on any atom is 0.341 e. The third-order valence-electron chi connectivity index (χ3n) is 5.82. The van der Waals surface area contributed by atoms with Gasteiger partial charge in [-0.05, 0) is 75.3 Å². The van der Waals surface area contributed by atoms with E-state index in [1.54, 1.807) is 6.92 Å². The number of esters is 1. The molecule has 7 nitrogen and oxygen atoms in total. The van der Waals surface area contributed by atoms with E-state index in [9.17, 15) is 9.59 Å². The van der Waals surface area contributed by atoms with Crippen LogP contribution in [0.4, 0.5) is 5.00 Å². The van der Waals surface area contributed by atoms with E-state index in [4.69, 9.17) is 14.0 Å². The summed E-state index contributed by atoms with van der Waals surface area (Å²) in [5.41, 5.74) is 4.37. The van der Waals surface area contributed by atoms with Crippen LogP contribution in [0.2, 0.25) is 0 Å². The first-order chi connectivity index (χ1) is 15.9. The Morgan fingerprint density at radius 3 is 2.55 bits per heavy atom. The highest BCUT2D eigenvalue weighted by Crippen LogP contribution is 2.38. The van der Waals surface area contributed by atoms with Crippen molar-refractivity contribution in [3.63, 3.8) is 0 Å². The van der Waals surface area contributed by atoms with E-state index in [0.29, 0.717) is 21.9 Å². The number of benzene rings is 1. The summed E-state index contributed by atoms with van der Waals surface area (Å²) < 4.78 is 16.3. The Bertz CT molecular complexity index is 1170. The average molecular weight is 469 g/mol. The van der Waals surface area contributed by atoms with Crippen LogP contribution < -0.4 is 10.1 Å². The second-order valence-corrected chi connectivity index (χ2v) is 9.50. The molecular weight excluding hydrogens is 440 g/mol. The van der Waals surface area contributed by atoms with Gasteiger partial charge in [-0.3, -0.25) is 4.79 Å². The van der Waals surface area contributed by atoms with Crippen molar-refractivity contribution >= 4 is 28.2 Å². The van der Waals surface area contributed by atoms with Crippen molar-refractivity contribution in [1.82, 2.24) is 5.16 Å². The number of carbonyl (C=O) groups excluding carboxylic acids is 2. The zero-order valence-electron chi connectivity index (χ0n) is 19.4. The van der Waals surface area contributed by atoms with E-state index in [0.717, 1.165) is 59.4 Å². The molecule has 3 aromatic rings. The summed E-state index contributed by atoms with van der Waals surface area (Å²) in [6, 6.07) is 5.95. The predicted molar refractivity (Wildman–Crippen MR) is 126 cm³/mol. The number of ether oxygens (including phenoxy) is 2. The molecule has 1 aliphatic rings. The van der Waals surface area contributed by atoms with Gasteiger partial charge in [-0.1, -0.05) is 17.6 Å². The molecule has 1 aromatic carbocycles. The summed E-state index contributed by atoms with van der Waals surface area (Å²) >= 11 is 1.45. The number of methoxy groups -OCH3 is 1. The minimum Gasteiger partial charge on any atom is -0.489 e. The quantitative estimate of drug-likeness (QED) is 0.377. The molecule has 1 N–H and O–H groups in total. The highest BCUT2D eigenvalue weighted by atomic mass is 32.1. The molecule has 0 saturated heterocycles. The number of aromatic nitrogens is 1. The highest BCUT2D eigenvalue weighted by Gasteiger charge is 2.28. The molecule has 1 amide bonds. The number of thiophene rings is 1. The van der Waals surface area contributed by atoms with Gasteiger partial charge in [0.05, 0.1) is 18.2 Å². The van der Waals surface area contributed by atoms with E-state index >= 15 is 0 Å². The minimum absolute atomic E-state index is 0.145. The maximum absolute atomic E-state index is 13.2. The fraction of sp³-hybridized carbons (Fsp3) is 0.400. The van der Waals surface area contributed by atoms with Crippen LogP contribution in [0.1, 0.15) is 73.0 Å². The zero-order valence-corrected chi connectivity index (χ0v) is 20.2. The summed E-state index contributed by atoms with van der Waals surface area (Å²) in [7, 11) is 1.36. The normalized spacial score (nSPS) is 13.2. The van der Waals surface area contributed by atoms with Crippen LogP contribution in [-0.4, -0.2) is 24.1 Å². The molecule has 0 atom stereocenters. The molecule has 33 heavy (non-hydrogen) atoms. The molecule has 8 heteroatoms. The first kappa shape index (κ1) is 23.0. The van der Waals surface area contributed by atoms with Crippen molar-refractivity contribution in [2.45, 2.75) is 59.5 Å². The first-order valence-electron chi connectivity index (χ1n) is 11.1. The molecule has 0 unspecified atom stereocenters. The number of hydrogen-bond donors (Lipinski definition) is 1. The van der Waals surface area contributed by atoms with Gasteiger partial charge in [-0.2, -0.15) is 0 Å². The van der Waals surface area contributed by atoms with Crippen LogP contribution in [0, 0.1) is 20.8 Å². The molecule has 0 bridgehead atoms. The second kappa shape index (κ2) is 9.79. The van der Waals surface area contributed by atoms with E-state index in [1.807, 2.05) is 26.0 Å². The number of hydrogen-bond acceptors (Lipinski definition) is 7. The molecule has 0 saturated carbocycles. The summed E-state index contributed by atoms with van der Waals surface area (Å²) in [4.78, 5) is 26.9. The van der Waals surface area contributed by atoms with E-state index in [-0.39, 0.29) is 12.3 Å². The lowest BCUT2D eigenvalue weighted by Gasteiger charge is -2.09. The van der Waals surface area contributed by atoms with Crippen molar-refractivity contribution in [1.29, 1.82) is 0 Å². The molecule has 174 valence electrons. The van der Waals surface area contributed by atoms with Gasteiger partial charge in [0, 0.05) is 4.88 Å². The number of anilines is 1. The van der Waals surface area contributed by atoms with Crippen molar-refractivity contribution in [2.75, 3.05) is 12.4 Å². The molecule has 4 rings (SSSR count). The molecule has 0 aliphatic heterocycles. The van der Waals surface area contributed by atoms with Crippen molar-refractivity contribution < 1.29 is 23.6 Å². The van der Waals surface area contributed by atoms with Crippen molar-refractivity contribution in [3.05, 3.63) is 62.3 Å². The first-order valence-corrected chi connectivity index (χ1v) is 11.9. The topological polar surface area (TPSA) is 90.7 Å². The van der Waals surface area contributed by atoms with Gasteiger partial charge in [0.25, 0.3) is 5.91 Å². The molecule has 1 aliphatic carbocycles. The fourth-order valence-corrected chi connectivity index (χ4v) is 5.49. The third-order valence-corrected chi connectivity index (χ3v) is 7.02. The van der Waals surface area contributed by atoms with E-state index in [1.165, 1.54) is 18.4 Å². The van der Waals surface area contributed by atoms with Gasteiger partial charge in [0.1, 0.15) is 23.1 Å².